The maximum atomic E-state index is 11.2. The normalized spacial score (nSPS) is 17.4. The molecule has 0 saturated heterocycles. The molecule has 0 fully saturated rings. The van der Waals surface area contributed by atoms with Crippen LogP contribution in [0.15, 0.2) is 22.7 Å². The van der Waals surface area contributed by atoms with Gasteiger partial charge in [0, 0.05) is 16.2 Å². The fourth-order valence-corrected chi connectivity index (χ4v) is 2.38. The van der Waals surface area contributed by atoms with E-state index in [4.69, 9.17) is 0 Å². The van der Waals surface area contributed by atoms with E-state index < -0.39 is 0 Å². The van der Waals surface area contributed by atoms with Crippen LogP contribution in [0.3, 0.4) is 0 Å². The summed E-state index contributed by atoms with van der Waals surface area (Å²) in [7, 11) is 1.43. The Bertz CT molecular complexity index is 411. The molecule has 1 unspecified atom stereocenters. The van der Waals surface area contributed by atoms with Crippen molar-refractivity contribution in [3.05, 3.63) is 28.2 Å². The number of rotatable bonds is 2. The van der Waals surface area contributed by atoms with Gasteiger partial charge in [-0.1, -0.05) is 15.9 Å². The van der Waals surface area contributed by atoms with Gasteiger partial charge in [0.2, 0.25) is 0 Å². The van der Waals surface area contributed by atoms with Gasteiger partial charge in [-0.15, -0.1) is 12.4 Å². The zero-order chi connectivity index (χ0) is 11.5. The number of aryl methyl sites for hydroxylation is 1. The molecule has 0 spiro atoms. The summed E-state index contributed by atoms with van der Waals surface area (Å²) in [6.07, 6.45) is 2.41. The third-order valence-electron chi connectivity index (χ3n) is 2.83. The number of methoxy groups -OCH3 is 1. The summed E-state index contributed by atoms with van der Waals surface area (Å²) < 4.78 is 5.77. The first-order chi connectivity index (χ1) is 7.69. The van der Waals surface area contributed by atoms with Crippen LogP contribution in [0.25, 0.3) is 0 Å². The predicted octanol–water partition coefficient (Wildman–Crippen LogP) is 3.16. The summed E-state index contributed by atoms with van der Waals surface area (Å²) in [5.41, 5.74) is 2.43. The first-order valence-corrected chi connectivity index (χ1v) is 6.10. The highest BCUT2D eigenvalue weighted by Crippen LogP contribution is 2.28. The Morgan fingerprint density at radius 3 is 3.06 bits per heavy atom. The van der Waals surface area contributed by atoms with Gasteiger partial charge in [0.15, 0.2) is 0 Å². The van der Waals surface area contributed by atoms with Gasteiger partial charge in [0.05, 0.1) is 13.5 Å². The van der Waals surface area contributed by atoms with Gasteiger partial charge in [-0.05, 0) is 36.6 Å². The number of nitrogens with one attached hydrogen (secondary N) is 1. The highest BCUT2D eigenvalue weighted by molar-refractivity contribution is 9.10. The third-order valence-corrected chi connectivity index (χ3v) is 3.32. The molecule has 1 atom stereocenters. The molecule has 1 aliphatic rings. The molecule has 3 nitrogen and oxygen atoms in total. The Hall–Kier alpha value is -0.740. The average Bonchev–Trinajstić information content (AvgIpc) is 2.29. The molecule has 1 N–H and O–H groups in total. The molecule has 2 rings (SSSR count). The van der Waals surface area contributed by atoms with Crippen molar-refractivity contribution in [3.8, 4) is 0 Å². The van der Waals surface area contributed by atoms with Crippen LogP contribution in [-0.4, -0.2) is 19.1 Å². The summed E-state index contributed by atoms with van der Waals surface area (Å²) in [5, 5.41) is 3.37. The fraction of sp³-hybridized carbons (Fsp3) is 0.417. The monoisotopic (exact) mass is 319 g/mol. The molecule has 0 aromatic heterocycles. The number of carbonyl (C=O) groups excluding carboxylic acids is 1. The SMILES string of the molecule is COC(=O)CC1CCc2cc(Br)ccc2N1.Cl. The van der Waals surface area contributed by atoms with Crippen molar-refractivity contribution in [2.45, 2.75) is 25.3 Å². The molecule has 5 heteroatoms. The smallest absolute Gasteiger partial charge is 0.307 e. The number of anilines is 1. The lowest BCUT2D eigenvalue weighted by Gasteiger charge is -2.26. The number of carbonyl (C=O) groups is 1. The van der Waals surface area contributed by atoms with Gasteiger partial charge in [-0.3, -0.25) is 4.79 Å². The number of halogens is 2. The van der Waals surface area contributed by atoms with E-state index in [0.717, 1.165) is 23.0 Å². The van der Waals surface area contributed by atoms with Crippen LogP contribution >= 0.6 is 28.3 Å². The van der Waals surface area contributed by atoms with E-state index in [1.165, 1.54) is 12.7 Å². The topological polar surface area (TPSA) is 38.3 Å². The van der Waals surface area contributed by atoms with Crippen molar-refractivity contribution < 1.29 is 9.53 Å². The Morgan fingerprint density at radius 2 is 2.35 bits per heavy atom. The van der Waals surface area contributed by atoms with Crippen LogP contribution in [0, 0.1) is 0 Å². The lowest BCUT2D eigenvalue weighted by Crippen LogP contribution is -2.28. The zero-order valence-electron chi connectivity index (χ0n) is 9.53. The molecular weight excluding hydrogens is 305 g/mol. The Kier molecular flexibility index (Phi) is 5.28. The molecule has 1 aromatic carbocycles. The van der Waals surface area contributed by atoms with Crippen molar-refractivity contribution in [1.29, 1.82) is 0 Å². The van der Waals surface area contributed by atoms with E-state index in [1.54, 1.807) is 0 Å². The summed E-state index contributed by atoms with van der Waals surface area (Å²) in [6.45, 7) is 0. The maximum absolute atomic E-state index is 11.2. The number of esters is 1. The van der Waals surface area contributed by atoms with Crippen LogP contribution in [-0.2, 0) is 16.0 Å². The van der Waals surface area contributed by atoms with Crippen LogP contribution in [0.5, 0.6) is 0 Å². The van der Waals surface area contributed by atoms with Gasteiger partial charge in [0.1, 0.15) is 0 Å². The highest BCUT2D eigenvalue weighted by atomic mass is 79.9. The molecule has 1 aliphatic heterocycles. The van der Waals surface area contributed by atoms with Crippen molar-refractivity contribution >= 4 is 40.0 Å². The fourth-order valence-electron chi connectivity index (χ4n) is 1.97. The molecule has 0 amide bonds. The maximum Gasteiger partial charge on any atom is 0.307 e. The van der Waals surface area contributed by atoms with Crippen LogP contribution in [0.1, 0.15) is 18.4 Å². The second-order valence-electron chi connectivity index (χ2n) is 3.96. The predicted molar refractivity (Wildman–Crippen MR) is 73.8 cm³/mol. The number of benzene rings is 1. The van der Waals surface area contributed by atoms with Crippen molar-refractivity contribution in [2.75, 3.05) is 12.4 Å². The van der Waals surface area contributed by atoms with Gasteiger partial charge < -0.3 is 10.1 Å². The first-order valence-electron chi connectivity index (χ1n) is 5.31. The summed E-state index contributed by atoms with van der Waals surface area (Å²) >= 11 is 3.46. The molecule has 0 bridgehead atoms. The van der Waals surface area contributed by atoms with E-state index in [-0.39, 0.29) is 24.4 Å². The number of ether oxygens (including phenoxy) is 1. The Balaban J connectivity index is 0.00000144. The molecule has 1 heterocycles. The van der Waals surface area contributed by atoms with Gasteiger partial charge in [-0.2, -0.15) is 0 Å². The van der Waals surface area contributed by atoms with Gasteiger partial charge >= 0.3 is 5.97 Å². The lowest BCUT2D eigenvalue weighted by molar-refractivity contribution is -0.140. The molecule has 94 valence electrons. The van der Waals surface area contributed by atoms with Crippen LogP contribution in [0.4, 0.5) is 5.69 Å². The number of fused-ring (bicyclic) bond motifs is 1. The Labute approximate surface area is 115 Å². The van der Waals surface area contributed by atoms with Gasteiger partial charge in [0.25, 0.3) is 0 Å². The lowest BCUT2D eigenvalue weighted by atomic mass is 9.96. The number of hydrogen-bond acceptors (Lipinski definition) is 3. The van der Waals surface area contributed by atoms with Crippen molar-refractivity contribution in [3.63, 3.8) is 0 Å². The molecule has 0 saturated carbocycles. The van der Waals surface area contributed by atoms with E-state index in [1.807, 2.05) is 12.1 Å². The average molecular weight is 321 g/mol. The van der Waals surface area contributed by atoms with Crippen molar-refractivity contribution in [1.82, 2.24) is 0 Å². The minimum Gasteiger partial charge on any atom is -0.469 e. The van der Waals surface area contributed by atoms with E-state index in [9.17, 15) is 4.79 Å². The molecule has 0 radical (unpaired) electrons. The minimum atomic E-state index is -0.155. The van der Waals surface area contributed by atoms with Crippen molar-refractivity contribution in [2.24, 2.45) is 0 Å². The second-order valence-corrected chi connectivity index (χ2v) is 4.88. The molecule has 1 aromatic rings. The molecular formula is C12H15BrClNO2. The second kappa shape index (κ2) is 6.26. The standard InChI is InChI=1S/C12H14BrNO2.ClH/c1-16-12(15)7-10-4-2-8-6-9(13)3-5-11(8)14-10;/h3,5-6,10,14H,2,4,7H2,1H3;1H. The number of hydrogen-bond donors (Lipinski definition) is 1. The summed E-state index contributed by atoms with van der Waals surface area (Å²) in [6, 6.07) is 6.37. The zero-order valence-corrected chi connectivity index (χ0v) is 11.9. The van der Waals surface area contributed by atoms with E-state index in [2.05, 4.69) is 32.0 Å². The van der Waals surface area contributed by atoms with Crippen LogP contribution in [0.2, 0.25) is 0 Å². The molecule has 17 heavy (non-hydrogen) atoms. The minimum absolute atomic E-state index is 0. The van der Waals surface area contributed by atoms with E-state index in [0.29, 0.717) is 6.42 Å². The third kappa shape index (κ3) is 3.61. The highest BCUT2D eigenvalue weighted by Gasteiger charge is 2.20. The first kappa shape index (κ1) is 14.3. The summed E-state index contributed by atoms with van der Waals surface area (Å²) in [5.74, 6) is -0.155. The Morgan fingerprint density at radius 1 is 1.59 bits per heavy atom. The summed E-state index contributed by atoms with van der Waals surface area (Å²) in [4.78, 5) is 11.2. The van der Waals surface area contributed by atoms with Gasteiger partial charge in [-0.25, -0.2) is 0 Å². The van der Waals surface area contributed by atoms with E-state index >= 15 is 0 Å². The molecule has 0 aliphatic carbocycles. The quantitative estimate of drug-likeness (QED) is 0.851. The van der Waals surface area contributed by atoms with Crippen LogP contribution < -0.4 is 5.32 Å². The largest absolute Gasteiger partial charge is 0.469 e.